The van der Waals surface area contributed by atoms with Crippen LogP contribution >= 0.6 is 91.6 Å². The van der Waals surface area contributed by atoms with Gasteiger partial charge < -0.3 is 0 Å². The Kier molecular flexibility index (Phi) is 4.44. The first-order chi connectivity index (χ1) is 3.25. The first-order valence-electron chi connectivity index (χ1n) is 1.38. The molecule has 0 saturated heterocycles. The molecule has 0 aromatic rings. The Balaban J connectivity index is 4.02. The van der Waals surface area contributed by atoms with Gasteiger partial charge in [-0.1, -0.05) is 46.4 Å². The molecule has 0 atom stereocenters. The summed E-state index contributed by atoms with van der Waals surface area (Å²) >= 11 is 25.4. The van der Waals surface area contributed by atoms with E-state index in [-0.39, 0.29) is 0 Å². The topological polar surface area (TPSA) is 0 Å². The second kappa shape index (κ2) is 3.34. The van der Waals surface area contributed by atoms with Gasteiger partial charge >= 0.3 is 0 Å². The lowest BCUT2D eigenvalue weighted by Crippen LogP contribution is -2.21. The standard InChI is InChI=1S/C2Cl4I2/c3-1(4,7)2(5,6)8. The second-order valence-electron chi connectivity index (χ2n) is 0.996. The van der Waals surface area contributed by atoms with Gasteiger partial charge in [0.15, 0.2) is 0 Å². The maximum atomic E-state index is 5.49. The fourth-order valence-corrected chi connectivity index (χ4v) is 0. The van der Waals surface area contributed by atoms with Crippen molar-refractivity contribution in [1.29, 1.82) is 0 Å². The third-order valence-electron chi connectivity index (χ3n) is 0.321. The first kappa shape index (κ1) is 10.6. The summed E-state index contributed by atoms with van der Waals surface area (Å²) in [6.45, 7) is 0. The highest BCUT2D eigenvalue weighted by molar-refractivity contribution is 14.1. The van der Waals surface area contributed by atoms with Gasteiger partial charge in [-0.3, -0.25) is 0 Å². The molecule has 6 heteroatoms. The molecule has 0 aliphatic heterocycles. The zero-order valence-corrected chi connectivity index (χ0v) is 10.6. The minimum atomic E-state index is -1.13. The zero-order valence-electron chi connectivity index (χ0n) is 3.27. The number of halogens is 6. The largest absolute Gasteiger partial charge is 0.209 e. The van der Waals surface area contributed by atoms with Gasteiger partial charge in [-0.25, -0.2) is 0 Å². The maximum absolute atomic E-state index is 5.49. The van der Waals surface area contributed by atoms with Crippen molar-refractivity contribution >= 4 is 91.6 Å². The molecule has 0 radical (unpaired) electrons. The summed E-state index contributed by atoms with van der Waals surface area (Å²) in [5, 5.41) is 0. The Morgan fingerprint density at radius 1 is 0.750 bits per heavy atom. The van der Waals surface area contributed by atoms with Gasteiger partial charge in [-0.05, 0) is 45.2 Å². The summed E-state index contributed by atoms with van der Waals surface area (Å²) in [4.78, 5) is 0. The van der Waals surface area contributed by atoms with Gasteiger partial charge in [0.25, 0.3) is 0 Å². The molecular weight excluding hydrogens is 420 g/mol. The summed E-state index contributed by atoms with van der Waals surface area (Å²) in [5.41, 5.74) is 0. The highest BCUT2D eigenvalue weighted by Gasteiger charge is 2.42. The normalized spacial score (nSPS) is 14.2. The van der Waals surface area contributed by atoms with E-state index in [1.165, 1.54) is 0 Å². The van der Waals surface area contributed by atoms with E-state index in [0.717, 1.165) is 0 Å². The molecule has 0 amide bonds. The van der Waals surface area contributed by atoms with E-state index in [0.29, 0.717) is 0 Å². The van der Waals surface area contributed by atoms with Crippen molar-refractivity contribution in [3.05, 3.63) is 0 Å². The van der Waals surface area contributed by atoms with Crippen molar-refractivity contribution < 1.29 is 0 Å². The number of hydrogen-bond acceptors (Lipinski definition) is 0. The third kappa shape index (κ3) is 3.71. The van der Waals surface area contributed by atoms with E-state index < -0.39 is 4.68 Å². The molecule has 0 bridgehead atoms. The predicted octanol–water partition coefficient (Wildman–Crippen LogP) is 4.12. The van der Waals surface area contributed by atoms with Crippen molar-refractivity contribution in [3.63, 3.8) is 0 Å². The second-order valence-corrected chi connectivity index (χ2v) is 9.44. The molecule has 0 aliphatic rings. The third-order valence-corrected chi connectivity index (χ3v) is 5.77. The summed E-state index contributed by atoms with van der Waals surface area (Å²) in [6.07, 6.45) is 0. The SMILES string of the molecule is ClC(Cl)(I)C(Cl)(Cl)I. The molecule has 0 nitrogen and oxygen atoms in total. The molecule has 0 aromatic heterocycles. The molecule has 0 aromatic carbocycles. The average molecular weight is 420 g/mol. The van der Waals surface area contributed by atoms with Crippen LogP contribution in [-0.2, 0) is 0 Å². The van der Waals surface area contributed by atoms with Crippen LogP contribution in [0.4, 0.5) is 0 Å². The molecular formula is C2Cl4I2. The van der Waals surface area contributed by atoms with Crippen LogP contribution < -0.4 is 0 Å². The number of hydrogen-bond donors (Lipinski definition) is 0. The lowest BCUT2D eigenvalue weighted by atomic mass is 10.9. The highest BCUT2D eigenvalue weighted by atomic mass is 127. The monoisotopic (exact) mass is 418 g/mol. The first-order valence-corrected chi connectivity index (χ1v) is 5.05. The molecule has 50 valence electrons. The summed E-state index contributed by atoms with van der Waals surface area (Å²) in [7, 11) is 0. The molecule has 0 aliphatic carbocycles. The molecule has 8 heavy (non-hydrogen) atoms. The Bertz CT molecular complexity index is 67.0. The van der Waals surface area contributed by atoms with Gasteiger partial charge in [0.05, 0.1) is 0 Å². The van der Waals surface area contributed by atoms with Crippen LogP contribution in [0, 0.1) is 0 Å². The van der Waals surface area contributed by atoms with E-state index >= 15 is 0 Å². The van der Waals surface area contributed by atoms with Gasteiger partial charge in [0.2, 0.25) is 4.68 Å². The quantitative estimate of drug-likeness (QED) is 0.443. The maximum Gasteiger partial charge on any atom is 0.209 e. The lowest BCUT2D eigenvalue weighted by Gasteiger charge is -2.20. The molecule has 0 rings (SSSR count). The van der Waals surface area contributed by atoms with E-state index in [4.69, 9.17) is 46.4 Å². The molecule has 0 unspecified atom stereocenters. The van der Waals surface area contributed by atoms with Gasteiger partial charge in [0.1, 0.15) is 0 Å². The molecule has 0 spiro atoms. The minimum Gasteiger partial charge on any atom is -0.0855 e. The van der Waals surface area contributed by atoms with Crippen LogP contribution in [0.2, 0.25) is 0 Å². The zero-order chi connectivity index (χ0) is 7.00. The van der Waals surface area contributed by atoms with Crippen LogP contribution in [-0.4, -0.2) is 4.68 Å². The predicted molar refractivity (Wildman–Crippen MR) is 56.9 cm³/mol. The van der Waals surface area contributed by atoms with Crippen LogP contribution in [0.3, 0.4) is 0 Å². The van der Waals surface area contributed by atoms with E-state index in [1.54, 1.807) is 45.2 Å². The Hall–Kier alpha value is 2.62. The van der Waals surface area contributed by atoms with Gasteiger partial charge in [-0.2, -0.15) is 0 Å². The van der Waals surface area contributed by atoms with Crippen molar-refractivity contribution in [1.82, 2.24) is 0 Å². The number of rotatable bonds is 1. The Labute approximate surface area is 94.8 Å². The Morgan fingerprint density at radius 3 is 0.875 bits per heavy atom. The fraction of sp³-hybridized carbons (Fsp3) is 1.00. The lowest BCUT2D eigenvalue weighted by molar-refractivity contribution is 1.22. The number of alkyl halides is 6. The summed E-state index contributed by atoms with van der Waals surface area (Å²) in [5.74, 6) is 0. The van der Waals surface area contributed by atoms with Crippen LogP contribution in [0.15, 0.2) is 0 Å². The average Bonchev–Trinajstić information content (AvgIpc) is 1.25. The van der Waals surface area contributed by atoms with Crippen molar-refractivity contribution in [2.75, 3.05) is 0 Å². The van der Waals surface area contributed by atoms with Gasteiger partial charge in [-0.15, -0.1) is 0 Å². The summed E-state index contributed by atoms with van der Waals surface area (Å²) < 4.78 is -2.26. The van der Waals surface area contributed by atoms with Gasteiger partial charge in [0, 0.05) is 0 Å². The minimum absolute atomic E-state index is 1.13. The van der Waals surface area contributed by atoms with E-state index in [9.17, 15) is 0 Å². The highest BCUT2D eigenvalue weighted by Crippen LogP contribution is 2.51. The fourth-order valence-electron chi connectivity index (χ4n) is 0. The molecule has 0 heterocycles. The van der Waals surface area contributed by atoms with E-state index in [1.807, 2.05) is 0 Å². The van der Waals surface area contributed by atoms with Crippen molar-refractivity contribution in [2.24, 2.45) is 0 Å². The molecule has 0 N–H and O–H groups in total. The van der Waals surface area contributed by atoms with Crippen LogP contribution in [0.1, 0.15) is 0 Å². The van der Waals surface area contributed by atoms with E-state index in [2.05, 4.69) is 0 Å². The van der Waals surface area contributed by atoms with Crippen LogP contribution in [0.25, 0.3) is 0 Å². The smallest absolute Gasteiger partial charge is 0.0855 e. The molecule has 0 fully saturated rings. The van der Waals surface area contributed by atoms with Crippen molar-refractivity contribution in [3.8, 4) is 0 Å². The summed E-state index contributed by atoms with van der Waals surface area (Å²) in [6, 6.07) is 0. The van der Waals surface area contributed by atoms with Crippen LogP contribution in [0.5, 0.6) is 0 Å². The Morgan fingerprint density at radius 2 is 0.875 bits per heavy atom. The molecule has 0 saturated carbocycles. The van der Waals surface area contributed by atoms with Crippen molar-refractivity contribution in [2.45, 2.75) is 4.68 Å².